The van der Waals surface area contributed by atoms with E-state index in [-0.39, 0.29) is 17.7 Å². The predicted molar refractivity (Wildman–Crippen MR) is 74.6 cm³/mol. The minimum absolute atomic E-state index is 0.0782. The molecule has 2 unspecified atom stereocenters. The molecule has 0 fully saturated rings. The highest BCUT2D eigenvalue weighted by molar-refractivity contribution is 5.29. The number of phenols is 1. The van der Waals surface area contributed by atoms with Crippen LogP contribution in [0, 0.1) is 11.7 Å². The lowest BCUT2D eigenvalue weighted by molar-refractivity contribution is 0.0987. The van der Waals surface area contributed by atoms with E-state index in [0.717, 1.165) is 18.9 Å². The van der Waals surface area contributed by atoms with Crippen LogP contribution in [0.3, 0.4) is 0 Å². The molecule has 0 aliphatic carbocycles. The number of rotatable bonds is 7. The van der Waals surface area contributed by atoms with Gasteiger partial charge in [0.1, 0.15) is 11.6 Å². The first-order valence-electron chi connectivity index (χ1n) is 6.89. The second-order valence-electron chi connectivity index (χ2n) is 4.98. The Hall–Kier alpha value is -1.13. The average molecular weight is 269 g/mol. The summed E-state index contributed by atoms with van der Waals surface area (Å²) in [6, 6.07) is 3.93. The number of benzene rings is 1. The molecule has 1 rings (SSSR count). The summed E-state index contributed by atoms with van der Waals surface area (Å²) in [7, 11) is 0. The molecule has 1 aromatic rings. The fourth-order valence-electron chi connectivity index (χ4n) is 2.27. The number of halogens is 1. The summed E-state index contributed by atoms with van der Waals surface area (Å²) >= 11 is 0. The Morgan fingerprint density at radius 3 is 2.42 bits per heavy atom. The van der Waals surface area contributed by atoms with Crippen molar-refractivity contribution >= 4 is 0 Å². The van der Waals surface area contributed by atoms with Crippen LogP contribution in [0.15, 0.2) is 18.2 Å². The Morgan fingerprint density at radius 1 is 1.26 bits per heavy atom. The molecule has 1 aromatic carbocycles. The van der Waals surface area contributed by atoms with Gasteiger partial charge in [-0.25, -0.2) is 4.39 Å². The molecule has 3 nitrogen and oxygen atoms in total. The van der Waals surface area contributed by atoms with Gasteiger partial charge >= 0.3 is 0 Å². The fourth-order valence-corrected chi connectivity index (χ4v) is 2.27. The largest absolute Gasteiger partial charge is 0.508 e. The molecule has 0 heterocycles. The van der Waals surface area contributed by atoms with Crippen molar-refractivity contribution in [2.75, 3.05) is 6.54 Å². The molecule has 0 saturated carbocycles. The zero-order chi connectivity index (χ0) is 14.4. The highest BCUT2D eigenvalue weighted by Gasteiger charge is 2.17. The van der Waals surface area contributed by atoms with E-state index in [9.17, 15) is 14.6 Å². The number of nitrogens with one attached hydrogen (secondary N) is 1. The quantitative estimate of drug-likeness (QED) is 0.713. The molecule has 0 radical (unpaired) electrons. The SMILES string of the molecule is CCC(CC)C(O)CNC(C)c1ccc(O)cc1F. The molecule has 3 N–H and O–H groups in total. The van der Waals surface area contributed by atoms with Crippen LogP contribution in [0.25, 0.3) is 0 Å². The van der Waals surface area contributed by atoms with Crippen LogP contribution in [0.2, 0.25) is 0 Å². The van der Waals surface area contributed by atoms with E-state index >= 15 is 0 Å². The molecule has 0 bridgehead atoms. The van der Waals surface area contributed by atoms with Gasteiger partial charge in [-0.15, -0.1) is 0 Å². The summed E-state index contributed by atoms with van der Waals surface area (Å²) in [5.41, 5.74) is 0.495. The average Bonchev–Trinajstić information content (AvgIpc) is 2.37. The minimum Gasteiger partial charge on any atom is -0.508 e. The van der Waals surface area contributed by atoms with Gasteiger partial charge in [0.15, 0.2) is 0 Å². The third-order valence-electron chi connectivity index (χ3n) is 3.68. The Labute approximate surface area is 114 Å². The lowest BCUT2D eigenvalue weighted by Crippen LogP contribution is -2.34. The zero-order valence-corrected chi connectivity index (χ0v) is 11.9. The summed E-state index contributed by atoms with van der Waals surface area (Å²) in [5.74, 6) is -0.244. The molecule has 4 heteroatoms. The van der Waals surface area contributed by atoms with E-state index < -0.39 is 11.9 Å². The van der Waals surface area contributed by atoms with E-state index in [2.05, 4.69) is 19.2 Å². The van der Waals surface area contributed by atoms with E-state index in [1.54, 1.807) is 6.07 Å². The van der Waals surface area contributed by atoms with Crippen molar-refractivity contribution in [3.63, 3.8) is 0 Å². The first-order chi connectivity index (χ1) is 8.99. The van der Waals surface area contributed by atoms with Gasteiger partial charge in [-0.2, -0.15) is 0 Å². The van der Waals surface area contributed by atoms with Crippen molar-refractivity contribution in [1.82, 2.24) is 5.32 Å². The highest BCUT2D eigenvalue weighted by atomic mass is 19.1. The number of aromatic hydroxyl groups is 1. The first kappa shape index (κ1) is 15.9. The van der Waals surface area contributed by atoms with E-state index in [1.807, 2.05) is 6.92 Å². The van der Waals surface area contributed by atoms with Crippen molar-refractivity contribution in [2.24, 2.45) is 5.92 Å². The number of hydrogen-bond donors (Lipinski definition) is 3. The summed E-state index contributed by atoms with van der Waals surface area (Å²) < 4.78 is 13.7. The summed E-state index contributed by atoms with van der Waals surface area (Å²) in [6.07, 6.45) is 1.44. The van der Waals surface area contributed by atoms with Crippen LogP contribution < -0.4 is 5.32 Å². The summed E-state index contributed by atoms with van der Waals surface area (Å²) in [5, 5.41) is 22.3. The van der Waals surface area contributed by atoms with Crippen LogP contribution in [0.5, 0.6) is 5.75 Å². The van der Waals surface area contributed by atoms with Gasteiger partial charge < -0.3 is 15.5 Å². The third-order valence-corrected chi connectivity index (χ3v) is 3.68. The van der Waals surface area contributed by atoms with Gasteiger partial charge in [0.05, 0.1) is 6.10 Å². The molecule has 0 aromatic heterocycles. The minimum atomic E-state index is -0.433. The standard InChI is InChI=1S/C15H24FNO2/c1-4-11(5-2)15(19)9-17-10(3)13-7-6-12(18)8-14(13)16/h6-8,10-11,15,17-19H,4-5,9H2,1-3H3. The maximum atomic E-state index is 13.7. The Morgan fingerprint density at radius 2 is 1.89 bits per heavy atom. The first-order valence-corrected chi connectivity index (χ1v) is 6.89. The fraction of sp³-hybridized carbons (Fsp3) is 0.600. The Bertz CT molecular complexity index is 394. The van der Waals surface area contributed by atoms with Gasteiger partial charge in [0, 0.05) is 24.2 Å². The topological polar surface area (TPSA) is 52.5 Å². The van der Waals surface area contributed by atoms with Crippen LogP contribution >= 0.6 is 0 Å². The monoisotopic (exact) mass is 269 g/mol. The van der Waals surface area contributed by atoms with E-state index in [0.29, 0.717) is 12.1 Å². The van der Waals surface area contributed by atoms with Crippen LogP contribution in [0.4, 0.5) is 4.39 Å². The smallest absolute Gasteiger partial charge is 0.131 e. The number of hydrogen-bond acceptors (Lipinski definition) is 3. The number of aliphatic hydroxyl groups is 1. The maximum absolute atomic E-state index is 13.7. The lowest BCUT2D eigenvalue weighted by Gasteiger charge is -2.23. The zero-order valence-electron chi connectivity index (χ0n) is 11.9. The van der Waals surface area contributed by atoms with Gasteiger partial charge in [0.25, 0.3) is 0 Å². The molecule has 0 aliphatic rings. The lowest BCUT2D eigenvalue weighted by atomic mass is 9.96. The molecule has 2 atom stereocenters. The normalized spacial score (nSPS) is 14.6. The molecular weight excluding hydrogens is 245 g/mol. The molecule has 19 heavy (non-hydrogen) atoms. The Balaban J connectivity index is 2.57. The van der Waals surface area contributed by atoms with E-state index in [1.165, 1.54) is 6.07 Å². The van der Waals surface area contributed by atoms with Gasteiger partial charge in [0.2, 0.25) is 0 Å². The van der Waals surface area contributed by atoms with Gasteiger partial charge in [-0.3, -0.25) is 0 Å². The maximum Gasteiger partial charge on any atom is 0.131 e. The Kier molecular flexibility index (Phi) is 6.25. The molecule has 0 amide bonds. The molecule has 0 spiro atoms. The van der Waals surface area contributed by atoms with Crippen molar-refractivity contribution in [2.45, 2.75) is 45.8 Å². The summed E-state index contributed by atoms with van der Waals surface area (Å²) in [6.45, 7) is 6.39. The molecule has 108 valence electrons. The second kappa shape index (κ2) is 7.46. The second-order valence-corrected chi connectivity index (χ2v) is 4.98. The predicted octanol–water partition coefficient (Wildman–Crippen LogP) is 2.98. The van der Waals surface area contributed by atoms with Gasteiger partial charge in [-0.05, 0) is 18.9 Å². The number of aliphatic hydroxyl groups excluding tert-OH is 1. The van der Waals surface area contributed by atoms with Crippen molar-refractivity contribution in [1.29, 1.82) is 0 Å². The molecular formula is C15H24FNO2. The van der Waals surface area contributed by atoms with Gasteiger partial charge in [-0.1, -0.05) is 32.8 Å². The van der Waals surface area contributed by atoms with Crippen molar-refractivity contribution in [3.8, 4) is 5.75 Å². The van der Waals surface area contributed by atoms with Crippen molar-refractivity contribution in [3.05, 3.63) is 29.6 Å². The molecule has 0 aliphatic heterocycles. The molecule has 0 saturated heterocycles. The summed E-state index contributed by atoms with van der Waals surface area (Å²) in [4.78, 5) is 0. The van der Waals surface area contributed by atoms with E-state index in [4.69, 9.17) is 0 Å². The van der Waals surface area contributed by atoms with Crippen LogP contribution in [0.1, 0.15) is 45.2 Å². The highest BCUT2D eigenvalue weighted by Crippen LogP contribution is 2.21. The van der Waals surface area contributed by atoms with Crippen LogP contribution in [-0.4, -0.2) is 22.9 Å². The van der Waals surface area contributed by atoms with Crippen molar-refractivity contribution < 1.29 is 14.6 Å². The third kappa shape index (κ3) is 4.48. The van der Waals surface area contributed by atoms with Crippen LogP contribution in [-0.2, 0) is 0 Å². The number of phenolic OH excluding ortho intramolecular Hbond substituents is 1.